The monoisotopic (exact) mass is 247 g/mol. The third-order valence-corrected chi connectivity index (χ3v) is 2.50. The lowest BCUT2D eigenvalue weighted by molar-refractivity contribution is 0.146. The average molecular weight is 247 g/mol. The third-order valence-electron chi connectivity index (χ3n) is 2.50. The number of methoxy groups -OCH3 is 1. The zero-order valence-corrected chi connectivity index (χ0v) is 9.68. The summed E-state index contributed by atoms with van der Waals surface area (Å²) in [6.07, 6.45) is -0.769. The molecule has 0 atom stereocenters. The quantitative estimate of drug-likeness (QED) is 0.784. The van der Waals surface area contributed by atoms with Crippen molar-refractivity contribution in [1.29, 1.82) is 0 Å². The van der Waals surface area contributed by atoms with Gasteiger partial charge in [-0.05, 0) is 43.5 Å². The summed E-state index contributed by atoms with van der Waals surface area (Å²) in [5.41, 5.74) is 5.42. The second-order valence-corrected chi connectivity index (χ2v) is 3.73. The van der Waals surface area contributed by atoms with Crippen LogP contribution in [0.3, 0.4) is 0 Å². The first-order valence-corrected chi connectivity index (χ1v) is 5.44. The fourth-order valence-corrected chi connectivity index (χ4v) is 1.73. The lowest BCUT2D eigenvalue weighted by Gasteiger charge is -2.13. The molecule has 0 spiro atoms. The highest BCUT2D eigenvalue weighted by Gasteiger charge is 2.18. The molecule has 0 aliphatic rings. The Morgan fingerprint density at radius 3 is 2.53 bits per heavy atom. The molecule has 2 N–H and O–H groups in total. The van der Waals surface area contributed by atoms with Gasteiger partial charge in [-0.1, -0.05) is 0 Å². The zero-order valence-electron chi connectivity index (χ0n) is 9.68. The van der Waals surface area contributed by atoms with Crippen LogP contribution in [-0.2, 0) is 6.42 Å². The first kappa shape index (κ1) is 13.8. The Balaban J connectivity index is 3.01. The van der Waals surface area contributed by atoms with E-state index in [1.54, 1.807) is 0 Å². The van der Waals surface area contributed by atoms with E-state index in [4.69, 9.17) is 10.5 Å². The molecule has 0 fully saturated rings. The number of aryl methyl sites for hydroxylation is 1. The Labute approximate surface area is 98.6 Å². The van der Waals surface area contributed by atoms with Gasteiger partial charge in [-0.15, -0.1) is 0 Å². The first-order chi connectivity index (χ1) is 8.10. The van der Waals surface area contributed by atoms with Gasteiger partial charge in [0.2, 0.25) is 0 Å². The summed E-state index contributed by atoms with van der Waals surface area (Å²) in [4.78, 5) is 0. The topological polar surface area (TPSA) is 35.2 Å². The molecule has 0 heterocycles. The highest BCUT2D eigenvalue weighted by molar-refractivity contribution is 5.43. The number of ether oxygens (including phenoxy) is 1. The molecule has 5 heteroatoms. The standard InChI is InChI=1S/C12H16F3NO/c1-17-11-8(4-2-3-5-16)6-9(13)7-10(11)12(14)15/h6-7,12H,2-5,16H2,1H3. The lowest BCUT2D eigenvalue weighted by atomic mass is 10.0. The second kappa shape index (κ2) is 6.49. The molecule has 0 aromatic heterocycles. The van der Waals surface area contributed by atoms with E-state index in [0.29, 0.717) is 18.5 Å². The number of halogens is 3. The summed E-state index contributed by atoms with van der Waals surface area (Å²) in [7, 11) is 1.31. The molecule has 1 aromatic carbocycles. The molecule has 0 saturated heterocycles. The Morgan fingerprint density at radius 1 is 1.29 bits per heavy atom. The van der Waals surface area contributed by atoms with E-state index >= 15 is 0 Å². The Kier molecular flexibility index (Phi) is 5.28. The van der Waals surface area contributed by atoms with Gasteiger partial charge in [-0.25, -0.2) is 13.2 Å². The maximum Gasteiger partial charge on any atom is 0.267 e. The number of hydrogen-bond donors (Lipinski definition) is 1. The van der Waals surface area contributed by atoms with Crippen molar-refractivity contribution in [2.75, 3.05) is 13.7 Å². The predicted octanol–water partition coefficient (Wildman–Crippen LogP) is 3.05. The van der Waals surface area contributed by atoms with Crippen LogP contribution in [0.2, 0.25) is 0 Å². The first-order valence-electron chi connectivity index (χ1n) is 5.44. The molecule has 2 nitrogen and oxygen atoms in total. The molecule has 0 aliphatic carbocycles. The SMILES string of the molecule is COc1c(CCCCN)cc(F)cc1C(F)F. The van der Waals surface area contributed by atoms with Crippen LogP contribution >= 0.6 is 0 Å². The fraction of sp³-hybridized carbons (Fsp3) is 0.500. The lowest BCUT2D eigenvalue weighted by Crippen LogP contribution is -2.02. The maximum atomic E-state index is 13.2. The van der Waals surface area contributed by atoms with E-state index in [0.717, 1.165) is 18.9 Å². The summed E-state index contributed by atoms with van der Waals surface area (Å²) in [6.45, 7) is 0.527. The van der Waals surface area contributed by atoms with Crippen LogP contribution in [0.25, 0.3) is 0 Å². The van der Waals surface area contributed by atoms with E-state index < -0.39 is 17.8 Å². The molecule has 1 aromatic rings. The molecule has 17 heavy (non-hydrogen) atoms. The fourth-order valence-electron chi connectivity index (χ4n) is 1.73. The summed E-state index contributed by atoms with van der Waals surface area (Å²) in [5, 5.41) is 0. The van der Waals surface area contributed by atoms with Gasteiger partial charge in [-0.2, -0.15) is 0 Å². The van der Waals surface area contributed by atoms with Crippen LogP contribution in [0.5, 0.6) is 5.75 Å². The highest BCUT2D eigenvalue weighted by Crippen LogP contribution is 2.33. The Hall–Kier alpha value is -1.23. The van der Waals surface area contributed by atoms with Crippen LogP contribution in [0.1, 0.15) is 30.4 Å². The van der Waals surface area contributed by atoms with Crippen molar-refractivity contribution in [3.8, 4) is 5.75 Å². The van der Waals surface area contributed by atoms with Crippen molar-refractivity contribution in [2.45, 2.75) is 25.7 Å². The molecule has 0 unspecified atom stereocenters. The van der Waals surface area contributed by atoms with Gasteiger partial charge < -0.3 is 10.5 Å². The van der Waals surface area contributed by atoms with E-state index in [1.807, 2.05) is 0 Å². The van der Waals surface area contributed by atoms with Crippen LogP contribution in [0, 0.1) is 5.82 Å². The van der Waals surface area contributed by atoms with Crippen LogP contribution in [0.15, 0.2) is 12.1 Å². The maximum absolute atomic E-state index is 13.2. The summed E-state index contributed by atoms with van der Waals surface area (Å²) in [5.74, 6) is -0.581. The number of unbranched alkanes of at least 4 members (excludes halogenated alkanes) is 1. The zero-order chi connectivity index (χ0) is 12.8. The van der Waals surface area contributed by atoms with Gasteiger partial charge in [0, 0.05) is 0 Å². The highest BCUT2D eigenvalue weighted by atomic mass is 19.3. The smallest absolute Gasteiger partial charge is 0.267 e. The van der Waals surface area contributed by atoms with Crippen molar-refractivity contribution in [3.63, 3.8) is 0 Å². The van der Waals surface area contributed by atoms with E-state index in [-0.39, 0.29) is 5.75 Å². The van der Waals surface area contributed by atoms with E-state index in [1.165, 1.54) is 13.2 Å². The van der Waals surface area contributed by atoms with Gasteiger partial charge >= 0.3 is 0 Å². The van der Waals surface area contributed by atoms with Crippen molar-refractivity contribution in [2.24, 2.45) is 5.73 Å². The van der Waals surface area contributed by atoms with Crippen molar-refractivity contribution in [3.05, 3.63) is 29.1 Å². The van der Waals surface area contributed by atoms with Gasteiger partial charge in [0.15, 0.2) is 0 Å². The molecule has 96 valence electrons. The molecule has 0 bridgehead atoms. The van der Waals surface area contributed by atoms with Crippen LogP contribution in [-0.4, -0.2) is 13.7 Å². The molecule has 0 aliphatic heterocycles. The summed E-state index contributed by atoms with van der Waals surface area (Å²) >= 11 is 0. The van der Waals surface area contributed by atoms with E-state index in [2.05, 4.69) is 0 Å². The minimum Gasteiger partial charge on any atom is -0.496 e. The molecule has 0 radical (unpaired) electrons. The number of hydrogen-bond acceptors (Lipinski definition) is 2. The van der Waals surface area contributed by atoms with Crippen molar-refractivity contribution in [1.82, 2.24) is 0 Å². The van der Waals surface area contributed by atoms with Gasteiger partial charge in [-0.3, -0.25) is 0 Å². The summed E-state index contributed by atoms with van der Waals surface area (Å²) < 4.78 is 43.5. The molecule has 1 rings (SSSR count). The average Bonchev–Trinajstić information content (AvgIpc) is 2.28. The minimum atomic E-state index is -2.74. The number of rotatable bonds is 6. The largest absolute Gasteiger partial charge is 0.496 e. The van der Waals surface area contributed by atoms with Crippen LogP contribution < -0.4 is 10.5 Å². The normalized spacial score (nSPS) is 10.9. The number of benzene rings is 1. The predicted molar refractivity (Wildman–Crippen MR) is 59.9 cm³/mol. The minimum absolute atomic E-state index is 0.0819. The van der Waals surface area contributed by atoms with Crippen LogP contribution in [0.4, 0.5) is 13.2 Å². The second-order valence-electron chi connectivity index (χ2n) is 3.73. The number of alkyl halides is 2. The Bertz CT molecular complexity index is 369. The molecule has 0 amide bonds. The Morgan fingerprint density at radius 2 is 2.00 bits per heavy atom. The van der Waals surface area contributed by atoms with Crippen molar-refractivity contribution >= 4 is 0 Å². The molecular weight excluding hydrogens is 231 g/mol. The molecule has 0 saturated carbocycles. The number of nitrogens with two attached hydrogens (primary N) is 1. The third kappa shape index (κ3) is 3.63. The van der Waals surface area contributed by atoms with Gasteiger partial charge in [0.1, 0.15) is 11.6 Å². The van der Waals surface area contributed by atoms with Gasteiger partial charge in [0.25, 0.3) is 6.43 Å². The van der Waals surface area contributed by atoms with Crippen molar-refractivity contribution < 1.29 is 17.9 Å². The van der Waals surface area contributed by atoms with Gasteiger partial charge in [0.05, 0.1) is 12.7 Å². The van der Waals surface area contributed by atoms with E-state index in [9.17, 15) is 13.2 Å². The summed E-state index contributed by atoms with van der Waals surface area (Å²) in [6, 6.07) is 2.05. The molecular formula is C12H16F3NO.